The van der Waals surface area contributed by atoms with E-state index in [9.17, 15) is 5.11 Å². The van der Waals surface area contributed by atoms with Crippen molar-refractivity contribution in [3.63, 3.8) is 0 Å². The molecule has 0 aliphatic rings. The van der Waals surface area contributed by atoms with E-state index in [2.05, 4.69) is 4.99 Å². The minimum absolute atomic E-state index is 0.142. The van der Waals surface area contributed by atoms with Crippen molar-refractivity contribution in [1.29, 1.82) is 0 Å². The number of benzene rings is 2. The van der Waals surface area contributed by atoms with Gasteiger partial charge in [-0.25, -0.2) is 4.99 Å². The molecule has 1 N–H and O–H groups in total. The van der Waals surface area contributed by atoms with Crippen molar-refractivity contribution in [3.8, 4) is 17.1 Å². The van der Waals surface area contributed by atoms with Crippen LogP contribution in [0.15, 0.2) is 64.0 Å². The number of hydrogen-bond acceptors (Lipinski definition) is 3. The first kappa shape index (κ1) is 14.4. The second-order valence-electron chi connectivity index (χ2n) is 4.96. The second kappa shape index (κ2) is 6.08. The first-order chi connectivity index (χ1) is 10.6. The normalized spacial score (nSPS) is 11.2. The molecular weight excluding hydrogens is 298 g/mol. The van der Waals surface area contributed by atoms with E-state index in [4.69, 9.17) is 16.0 Å². The van der Waals surface area contributed by atoms with Gasteiger partial charge in [-0.2, -0.15) is 0 Å². The van der Waals surface area contributed by atoms with Crippen molar-refractivity contribution in [1.82, 2.24) is 0 Å². The Labute approximate surface area is 133 Å². The molecule has 0 saturated carbocycles. The number of aryl methyl sites for hydroxylation is 1. The third-order valence-electron chi connectivity index (χ3n) is 3.20. The van der Waals surface area contributed by atoms with Gasteiger partial charge in [0, 0.05) is 10.6 Å². The lowest BCUT2D eigenvalue weighted by Crippen LogP contribution is -1.77. The molecule has 0 aliphatic heterocycles. The standard InChI is InChI=1S/C18H14ClNO2/c1-12-5-7-17(21)16(9-12)20-11-15-6-8-18(22-15)13-3-2-4-14(19)10-13/h2-11,21H,1H3. The van der Waals surface area contributed by atoms with E-state index < -0.39 is 0 Å². The molecule has 0 saturated heterocycles. The molecule has 0 unspecified atom stereocenters. The first-order valence-electron chi connectivity index (χ1n) is 6.81. The van der Waals surface area contributed by atoms with Gasteiger partial charge in [-0.1, -0.05) is 29.8 Å². The summed E-state index contributed by atoms with van der Waals surface area (Å²) in [6, 6.07) is 16.4. The maximum atomic E-state index is 9.77. The highest BCUT2D eigenvalue weighted by molar-refractivity contribution is 6.30. The molecule has 3 aromatic rings. The van der Waals surface area contributed by atoms with Gasteiger partial charge in [0.2, 0.25) is 0 Å². The SMILES string of the molecule is Cc1ccc(O)c(N=Cc2ccc(-c3cccc(Cl)c3)o2)c1. The summed E-state index contributed by atoms with van der Waals surface area (Å²) in [6.45, 7) is 1.95. The summed E-state index contributed by atoms with van der Waals surface area (Å²) in [5, 5.41) is 10.4. The molecule has 3 nitrogen and oxygen atoms in total. The van der Waals surface area contributed by atoms with E-state index in [1.807, 2.05) is 55.5 Å². The Kier molecular flexibility index (Phi) is 3.98. The number of aliphatic imine (C=N–C) groups is 1. The molecule has 0 bridgehead atoms. The zero-order valence-electron chi connectivity index (χ0n) is 12.0. The monoisotopic (exact) mass is 311 g/mol. The molecule has 0 aliphatic carbocycles. The molecule has 1 aromatic heterocycles. The van der Waals surface area contributed by atoms with Crippen molar-refractivity contribution < 1.29 is 9.52 Å². The Bertz CT molecular complexity index is 837. The fourth-order valence-corrected chi connectivity index (χ4v) is 2.28. The van der Waals surface area contributed by atoms with Crippen LogP contribution in [0.25, 0.3) is 11.3 Å². The van der Waals surface area contributed by atoms with Gasteiger partial charge in [-0.05, 0) is 48.9 Å². The zero-order valence-corrected chi connectivity index (χ0v) is 12.7. The van der Waals surface area contributed by atoms with Crippen LogP contribution in [0.4, 0.5) is 5.69 Å². The van der Waals surface area contributed by atoms with Crippen molar-refractivity contribution in [3.05, 3.63) is 70.9 Å². The van der Waals surface area contributed by atoms with Gasteiger partial charge in [-0.3, -0.25) is 0 Å². The van der Waals surface area contributed by atoms with Crippen LogP contribution in [0.5, 0.6) is 5.75 Å². The lowest BCUT2D eigenvalue weighted by Gasteiger charge is -1.99. The largest absolute Gasteiger partial charge is 0.506 e. The van der Waals surface area contributed by atoms with Gasteiger partial charge in [0.1, 0.15) is 23.0 Å². The molecule has 0 fully saturated rings. The highest BCUT2D eigenvalue weighted by atomic mass is 35.5. The highest BCUT2D eigenvalue weighted by Gasteiger charge is 2.04. The van der Waals surface area contributed by atoms with E-state index in [0.717, 1.165) is 16.9 Å². The molecule has 110 valence electrons. The molecule has 0 spiro atoms. The zero-order chi connectivity index (χ0) is 15.5. The maximum absolute atomic E-state index is 9.77. The lowest BCUT2D eigenvalue weighted by molar-refractivity contribution is 0.477. The Morgan fingerprint density at radius 2 is 1.95 bits per heavy atom. The molecule has 0 atom stereocenters. The summed E-state index contributed by atoms with van der Waals surface area (Å²) < 4.78 is 5.73. The third-order valence-corrected chi connectivity index (χ3v) is 3.43. The van der Waals surface area contributed by atoms with E-state index in [0.29, 0.717) is 16.5 Å². The summed E-state index contributed by atoms with van der Waals surface area (Å²) in [6.07, 6.45) is 1.59. The average molecular weight is 312 g/mol. The molecule has 4 heteroatoms. The van der Waals surface area contributed by atoms with E-state index in [1.54, 1.807) is 12.3 Å². The molecule has 0 radical (unpaired) electrons. The number of furan rings is 1. The Morgan fingerprint density at radius 3 is 2.77 bits per heavy atom. The van der Waals surface area contributed by atoms with Gasteiger partial charge in [-0.15, -0.1) is 0 Å². The van der Waals surface area contributed by atoms with Gasteiger partial charge < -0.3 is 9.52 Å². The van der Waals surface area contributed by atoms with Gasteiger partial charge >= 0.3 is 0 Å². The fourth-order valence-electron chi connectivity index (χ4n) is 2.09. The molecular formula is C18H14ClNO2. The Morgan fingerprint density at radius 1 is 1.09 bits per heavy atom. The summed E-state index contributed by atoms with van der Waals surface area (Å²) in [5.41, 5.74) is 2.45. The first-order valence-corrected chi connectivity index (χ1v) is 7.19. The number of nitrogens with zero attached hydrogens (tertiary/aromatic N) is 1. The molecule has 1 heterocycles. The van der Waals surface area contributed by atoms with Crippen LogP contribution in [0.2, 0.25) is 5.02 Å². The minimum Gasteiger partial charge on any atom is -0.506 e. The van der Waals surface area contributed by atoms with E-state index in [1.165, 1.54) is 0 Å². The number of phenolic OH excluding ortho intramolecular Hbond substituents is 1. The van der Waals surface area contributed by atoms with Crippen LogP contribution in [0.1, 0.15) is 11.3 Å². The van der Waals surface area contributed by atoms with Gasteiger partial charge in [0.25, 0.3) is 0 Å². The van der Waals surface area contributed by atoms with Crippen LogP contribution in [-0.2, 0) is 0 Å². The van der Waals surface area contributed by atoms with E-state index in [-0.39, 0.29) is 5.75 Å². The summed E-state index contributed by atoms with van der Waals surface area (Å²) in [5.74, 6) is 1.47. The van der Waals surface area contributed by atoms with Crippen LogP contribution in [0.3, 0.4) is 0 Å². The lowest BCUT2D eigenvalue weighted by atomic mass is 10.2. The number of phenols is 1. The van der Waals surface area contributed by atoms with Crippen molar-refractivity contribution >= 4 is 23.5 Å². The van der Waals surface area contributed by atoms with Crippen LogP contribution >= 0.6 is 11.6 Å². The molecule has 22 heavy (non-hydrogen) atoms. The number of rotatable bonds is 3. The van der Waals surface area contributed by atoms with Crippen molar-refractivity contribution in [2.24, 2.45) is 4.99 Å². The maximum Gasteiger partial charge on any atom is 0.145 e. The predicted octanol–water partition coefficient (Wildman–Crippen LogP) is 5.36. The second-order valence-corrected chi connectivity index (χ2v) is 5.40. The topological polar surface area (TPSA) is 45.7 Å². The molecule has 0 amide bonds. The summed E-state index contributed by atoms with van der Waals surface area (Å²) in [4.78, 5) is 4.27. The smallest absolute Gasteiger partial charge is 0.145 e. The number of aromatic hydroxyl groups is 1. The van der Waals surface area contributed by atoms with Crippen LogP contribution in [-0.4, -0.2) is 11.3 Å². The molecule has 2 aromatic carbocycles. The highest BCUT2D eigenvalue weighted by Crippen LogP contribution is 2.28. The summed E-state index contributed by atoms with van der Waals surface area (Å²) in [7, 11) is 0. The number of halogens is 1. The van der Waals surface area contributed by atoms with Crippen molar-refractivity contribution in [2.45, 2.75) is 6.92 Å². The minimum atomic E-state index is 0.142. The van der Waals surface area contributed by atoms with Crippen LogP contribution in [0, 0.1) is 6.92 Å². The summed E-state index contributed by atoms with van der Waals surface area (Å²) >= 11 is 5.98. The Balaban J connectivity index is 1.85. The molecule has 3 rings (SSSR count). The van der Waals surface area contributed by atoms with Crippen LogP contribution < -0.4 is 0 Å². The number of hydrogen-bond donors (Lipinski definition) is 1. The van der Waals surface area contributed by atoms with Gasteiger partial charge in [0.05, 0.1) is 6.21 Å². The quantitative estimate of drug-likeness (QED) is 0.661. The fraction of sp³-hybridized carbons (Fsp3) is 0.0556. The van der Waals surface area contributed by atoms with Crippen molar-refractivity contribution in [2.75, 3.05) is 0 Å². The predicted molar refractivity (Wildman–Crippen MR) is 89.3 cm³/mol. The third kappa shape index (κ3) is 3.21. The average Bonchev–Trinajstić information content (AvgIpc) is 2.97. The Hall–Kier alpha value is -2.52. The van der Waals surface area contributed by atoms with Gasteiger partial charge in [0.15, 0.2) is 0 Å². The van der Waals surface area contributed by atoms with E-state index >= 15 is 0 Å².